The van der Waals surface area contributed by atoms with E-state index in [1.54, 1.807) is 7.05 Å². The molecule has 1 amide bonds. The van der Waals surface area contributed by atoms with E-state index in [0.717, 1.165) is 5.56 Å². The minimum Gasteiger partial charge on any atom is -0.447 e. The molecular formula is C13H16N2O2. The second kappa shape index (κ2) is 6.56. The van der Waals surface area contributed by atoms with E-state index in [-0.39, 0.29) is 19.2 Å². The summed E-state index contributed by atoms with van der Waals surface area (Å²) >= 11 is 0. The minimum absolute atomic E-state index is 0.137. The summed E-state index contributed by atoms with van der Waals surface area (Å²) in [5.74, 6) is 2.36. The van der Waals surface area contributed by atoms with E-state index in [0.29, 0.717) is 0 Å². The van der Waals surface area contributed by atoms with Gasteiger partial charge in [-0.25, -0.2) is 4.79 Å². The van der Waals surface area contributed by atoms with Crippen molar-refractivity contribution in [3.8, 4) is 12.3 Å². The Balaban J connectivity index is 2.41. The van der Waals surface area contributed by atoms with E-state index >= 15 is 0 Å². The van der Waals surface area contributed by atoms with Crippen LogP contribution in [0.5, 0.6) is 0 Å². The largest absolute Gasteiger partial charge is 0.447 e. The lowest BCUT2D eigenvalue weighted by atomic mass is 10.1. The molecule has 1 rings (SSSR count). The van der Waals surface area contributed by atoms with Crippen molar-refractivity contribution >= 4 is 6.09 Å². The summed E-state index contributed by atoms with van der Waals surface area (Å²) in [6, 6.07) is 9.15. The van der Waals surface area contributed by atoms with Gasteiger partial charge in [-0.05, 0) is 5.56 Å². The maximum absolute atomic E-state index is 11.4. The summed E-state index contributed by atoms with van der Waals surface area (Å²) in [5.41, 5.74) is 6.81. The summed E-state index contributed by atoms with van der Waals surface area (Å²) in [4.78, 5) is 12.7. The fourth-order valence-corrected chi connectivity index (χ4v) is 1.27. The first-order chi connectivity index (χ1) is 8.15. The van der Waals surface area contributed by atoms with Crippen molar-refractivity contribution in [2.75, 3.05) is 20.2 Å². The molecule has 0 bridgehead atoms. The molecule has 0 aliphatic rings. The Labute approximate surface area is 101 Å². The summed E-state index contributed by atoms with van der Waals surface area (Å²) < 4.78 is 5.04. The number of terminal acetylenes is 1. The monoisotopic (exact) mass is 232 g/mol. The maximum Gasteiger partial charge on any atom is 0.410 e. The van der Waals surface area contributed by atoms with Crippen molar-refractivity contribution < 1.29 is 9.53 Å². The molecular weight excluding hydrogens is 216 g/mol. The molecule has 4 heteroatoms. The lowest BCUT2D eigenvalue weighted by Crippen LogP contribution is -2.30. The predicted molar refractivity (Wildman–Crippen MR) is 66.2 cm³/mol. The first kappa shape index (κ1) is 13.1. The topological polar surface area (TPSA) is 55.6 Å². The fourth-order valence-electron chi connectivity index (χ4n) is 1.27. The highest BCUT2D eigenvalue weighted by molar-refractivity contribution is 5.67. The minimum atomic E-state index is -0.464. The maximum atomic E-state index is 11.4. The Morgan fingerprint density at radius 3 is 2.76 bits per heavy atom. The van der Waals surface area contributed by atoms with Crippen LogP contribution in [0.15, 0.2) is 30.3 Å². The van der Waals surface area contributed by atoms with E-state index in [1.165, 1.54) is 4.90 Å². The summed E-state index contributed by atoms with van der Waals surface area (Å²) in [7, 11) is 1.58. The number of carbonyl (C=O) groups is 1. The highest BCUT2D eigenvalue weighted by Crippen LogP contribution is 2.09. The Bertz CT molecular complexity index is 398. The van der Waals surface area contributed by atoms with Gasteiger partial charge < -0.3 is 15.4 Å². The Morgan fingerprint density at radius 1 is 1.53 bits per heavy atom. The van der Waals surface area contributed by atoms with Crippen LogP contribution in [-0.4, -0.2) is 31.2 Å². The second-order valence-electron chi connectivity index (χ2n) is 3.65. The number of hydrogen-bond acceptors (Lipinski definition) is 3. The van der Waals surface area contributed by atoms with Crippen LogP contribution in [0, 0.1) is 12.3 Å². The van der Waals surface area contributed by atoms with Crippen molar-refractivity contribution in [1.29, 1.82) is 0 Å². The SMILES string of the molecule is C#CCN(C)C(=O)OC[C@H](N)c1ccccc1. The zero-order chi connectivity index (χ0) is 12.7. The molecule has 0 aliphatic heterocycles. The van der Waals surface area contributed by atoms with Crippen molar-refractivity contribution in [3.63, 3.8) is 0 Å². The molecule has 1 aromatic rings. The fraction of sp³-hybridized carbons (Fsp3) is 0.308. The number of amides is 1. The molecule has 0 saturated heterocycles. The highest BCUT2D eigenvalue weighted by atomic mass is 16.6. The van der Waals surface area contributed by atoms with Gasteiger partial charge in [-0.3, -0.25) is 0 Å². The molecule has 0 spiro atoms. The molecule has 0 heterocycles. The van der Waals surface area contributed by atoms with Gasteiger partial charge in [0.25, 0.3) is 0 Å². The van der Waals surface area contributed by atoms with Gasteiger partial charge in [0, 0.05) is 7.05 Å². The quantitative estimate of drug-likeness (QED) is 0.798. The van der Waals surface area contributed by atoms with Gasteiger partial charge in [0.05, 0.1) is 12.6 Å². The summed E-state index contributed by atoms with van der Waals surface area (Å²) in [6.45, 7) is 0.358. The van der Waals surface area contributed by atoms with E-state index in [9.17, 15) is 4.79 Å². The smallest absolute Gasteiger partial charge is 0.410 e. The van der Waals surface area contributed by atoms with Gasteiger partial charge in [0.2, 0.25) is 0 Å². The van der Waals surface area contributed by atoms with Gasteiger partial charge in [-0.15, -0.1) is 6.42 Å². The van der Waals surface area contributed by atoms with Gasteiger partial charge in [-0.2, -0.15) is 0 Å². The second-order valence-corrected chi connectivity index (χ2v) is 3.65. The van der Waals surface area contributed by atoms with Crippen LogP contribution >= 0.6 is 0 Å². The van der Waals surface area contributed by atoms with E-state index < -0.39 is 6.09 Å². The zero-order valence-electron chi connectivity index (χ0n) is 9.80. The normalized spacial score (nSPS) is 11.4. The van der Waals surface area contributed by atoms with E-state index in [1.807, 2.05) is 30.3 Å². The molecule has 90 valence electrons. The molecule has 0 unspecified atom stereocenters. The third-order valence-corrected chi connectivity index (χ3v) is 2.25. The third kappa shape index (κ3) is 4.17. The number of nitrogens with zero attached hydrogens (tertiary/aromatic N) is 1. The Kier molecular flexibility index (Phi) is 5.05. The van der Waals surface area contributed by atoms with Crippen LogP contribution in [0.25, 0.3) is 0 Å². The third-order valence-electron chi connectivity index (χ3n) is 2.25. The van der Waals surface area contributed by atoms with Crippen molar-refractivity contribution in [2.45, 2.75) is 6.04 Å². The van der Waals surface area contributed by atoms with Crippen LogP contribution in [-0.2, 0) is 4.74 Å². The number of rotatable bonds is 4. The summed E-state index contributed by atoms with van der Waals surface area (Å²) in [6.07, 6.45) is 4.63. The molecule has 0 saturated carbocycles. The molecule has 0 radical (unpaired) electrons. The number of carbonyl (C=O) groups excluding carboxylic acids is 1. The lowest BCUT2D eigenvalue weighted by Gasteiger charge is -2.17. The standard InChI is InChI=1S/C13H16N2O2/c1-3-9-15(2)13(16)17-10-12(14)11-7-5-4-6-8-11/h1,4-8,12H,9-10,14H2,2H3/t12-/m0/s1. The number of benzene rings is 1. The first-order valence-electron chi connectivity index (χ1n) is 5.27. The average molecular weight is 232 g/mol. The number of nitrogens with two attached hydrogens (primary N) is 1. The van der Waals surface area contributed by atoms with E-state index in [4.69, 9.17) is 16.9 Å². The lowest BCUT2D eigenvalue weighted by molar-refractivity contribution is 0.109. The highest BCUT2D eigenvalue weighted by Gasteiger charge is 2.12. The van der Waals surface area contributed by atoms with Gasteiger partial charge in [0.1, 0.15) is 6.61 Å². The Hall–Kier alpha value is -1.99. The molecule has 4 nitrogen and oxygen atoms in total. The van der Waals surface area contributed by atoms with Gasteiger partial charge in [0.15, 0.2) is 0 Å². The molecule has 0 aliphatic carbocycles. The van der Waals surface area contributed by atoms with Crippen LogP contribution in [0.4, 0.5) is 4.79 Å². The average Bonchev–Trinajstić information content (AvgIpc) is 2.36. The van der Waals surface area contributed by atoms with Crippen LogP contribution in [0.3, 0.4) is 0 Å². The molecule has 2 N–H and O–H groups in total. The molecule has 0 fully saturated rings. The van der Waals surface area contributed by atoms with Gasteiger partial charge in [-0.1, -0.05) is 36.3 Å². The molecule has 1 aromatic carbocycles. The Morgan fingerprint density at radius 2 is 2.18 bits per heavy atom. The van der Waals surface area contributed by atoms with Crippen LogP contribution in [0.1, 0.15) is 11.6 Å². The molecule has 0 aromatic heterocycles. The zero-order valence-corrected chi connectivity index (χ0v) is 9.80. The van der Waals surface area contributed by atoms with Crippen molar-refractivity contribution in [2.24, 2.45) is 5.73 Å². The van der Waals surface area contributed by atoms with Gasteiger partial charge >= 0.3 is 6.09 Å². The van der Waals surface area contributed by atoms with Crippen molar-refractivity contribution in [1.82, 2.24) is 4.90 Å². The number of hydrogen-bond donors (Lipinski definition) is 1. The summed E-state index contributed by atoms with van der Waals surface area (Å²) in [5, 5.41) is 0. The predicted octanol–water partition coefficient (Wildman–Crippen LogP) is 1.39. The van der Waals surface area contributed by atoms with Crippen LogP contribution in [0.2, 0.25) is 0 Å². The molecule has 1 atom stereocenters. The number of ether oxygens (including phenoxy) is 1. The van der Waals surface area contributed by atoms with Crippen molar-refractivity contribution in [3.05, 3.63) is 35.9 Å². The van der Waals surface area contributed by atoms with E-state index in [2.05, 4.69) is 5.92 Å². The first-order valence-corrected chi connectivity index (χ1v) is 5.27. The van der Waals surface area contributed by atoms with Crippen LogP contribution < -0.4 is 5.73 Å². The molecule has 17 heavy (non-hydrogen) atoms.